The molecule has 98 valence electrons. The van der Waals surface area contributed by atoms with Gasteiger partial charge in [0.25, 0.3) is 0 Å². The largest absolute Gasteiger partial charge is 0.339 e. The van der Waals surface area contributed by atoms with Crippen LogP contribution in [0, 0.1) is 11.7 Å². The SMILES string of the molecule is O=C(Cc1nc(Cc2cccc(F)c2)no1)C1CC1. The number of ketones is 1. The molecule has 0 bridgehead atoms. The van der Waals surface area contributed by atoms with E-state index in [0.717, 1.165) is 18.4 Å². The summed E-state index contributed by atoms with van der Waals surface area (Å²) < 4.78 is 18.1. The molecule has 1 aromatic heterocycles. The summed E-state index contributed by atoms with van der Waals surface area (Å²) in [6.45, 7) is 0. The maximum atomic E-state index is 13.0. The first-order chi connectivity index (χ1) is 9.20. The first kappa shape index (κ1) is 12.0. The number of aromatic nitrogens is 2. The van der Waals surface area contributed by atoms with Gasteiger partial charge in [0, 0.05) is 12.3 Å². The van der Waals surface area contributed by atoms with Crippen LogP contribution in [0.4, 0.5) is 4.39 Å². The summed E-state index contributed by atoms with van der Waals surface area (Å²) in [5.74, 6) is 0.900. The Morgan fingerprint density at radius 1 is 1.42 bits per heavy atom. The van der Waals surface area contributed by atoms with Crippen molar-refractivity contribution in [1.29, 1.82) is 0 Å². The zero-order valence-corrected chi connectivity index (χ0v) is 10.3. The predicted molar refractivity (Wildman–Crippen MR) is 64.9 cm³/mol. The van der Waals surface area contributed by atoms with E-state index in [2.05, 4.69) is 10.1 Å². The Morgan fingerprint density at radius 3 is 3.00 bits per heavy atom. The molecule has 0 N–H and O–H groups in total. The van der Waals surface area contributed by atoms with Crippen molar-refractivity contribution in [3.63, 3.8) is 0 Å². The zero-order chi connectivity index (χ0) is 13.2. The van der Waals surface area contributed by atoms with E-state index in [9.17, 15) is 9.18 Å². The number of carbonyl (C=O) groups excluding carboxylic acids is 1. The molecule has 0 atom stereocenters. The van der Waals surface area contributed by atoms with E-state index in [4.69, 9.17) is 4.52 Å². The molecular formula is C14H13FN2O2. The lowest BCUT2D eigenvalue weighted by Crippen LogP contribution is -2.05. The van der Waals surface area contributed by atoms with Crippen LogP contribution in [-0.2, 0) is 17.6 Å². The minimum atomic E-state index is -0.287. The van der Waals surface area contributed by atoms with Gasteiger partial charge in [-0.2, -0.15) is 4.98 Å². The Balaban J connectivity index is 1.65. The second-order valence-corrected chi connectivity index (χ2v) is 4.83. The maximum Gasteiger partial charge on any atom is 0.234 e. The molecule has 1 saturated carbocycles. The van der Waals surface area contributed by atoms with Crippen molar-refractivity contribution in [3.05, 3.63) is 47.4 Å². The van der Waals surface area contributed by atoms with Gasteiger partial charge in [-0.15, -0.1) is 0 Å². The van der Waals surface area contributed by atoms with Crippen LogP contribution in [0.3, 0.4) is 0 Å². The highest BCUT2D eigenvalue weighted by atomic mass is 19.1. The third kappa shape index (κ3) is 3.05. The van der Waals surface area contributed by atoms with Gasteiger partial charge in [0.05, 0.1) is 6.42 Å². The molecular weight excluding hydrogens is 247 g/mol. The molecule has 0 aliphatic heterocycles. The number of nitrogens with zero attached hydrogens (tertiary/aromatic N) is 2. The normalized spacial score (nSPS) is 14.6. The Hall–Kier alpha value is -2.04. The van der Waals surface area contributed by atoms with E-state index in [0.29, 0.717) is 18.1 Å². The fraction of sp³-hybridized carbons (Fsp3) is 0.357. The first-order valence-corrected chi connectivity index (χ1v) is 6.29. The minimum Gasteiger partial charge on any atom is -0.339 e. The smallest absolute Gasteiger partial charge is 0.234 e. The highest BCUT2D eigenvalue weighted by Gasteiger charge is 2.30. The van der Waals surface area contributed by atoms with Crippen molar-refractivity contribution in [2.24, 2.45) is 5.92 Å². The number of benzene rings is 1. The van der Waals surface area contributed by atoms with Crippen molar-refractivity contribution in [2.45, 2.75) is 25.7 Å². The van der Waals surface area contributed by atoms with Crippen LogP contribution in [0.1, 0.15) is 30.1 Å². The van der Waals surface area contributed by atoms with Gasteiger partial charge in [-0.3, -0.25) is 4.79 Å². The van der Waals surface area contributed by atoms with Gasteiger partial charge >= 0.3 is 0 Å². The van der Waals surface area contributed by atoms with Gasteiger partial charge in [0.1, 0.15) is 11.6 Å². The van der Waals surface area contributed by atoms with Crippen LogP contribution in [0.15, 0.2) is 28.8 Å². The molecule has 1 aromatic carbocycles. The molecule has 0 unspecified atom stereocenters. The van der Waals surface area contributed by atoms with E-state index in [1.54, 1.807) is 12.1 Å². The lowest BCUT2D eigenvalue weighted by atomic mass is 10.1. The van der Waals surface area contributed by atoms with Crippen LogP contribution < -0.4 is 0 Å². The molecule has 1 heterocycles. The van der Waals surface area contributed by atoms with Gasteiger partial charge in [0.15, 0.2) is 5.82 Å². The maximum absolute atomic E-state index is 13.0. The number of rotatable bonds is 5. The Kier molecular flexibility index (Phi) is 3.11. The average Bonchev–Trinajstić information content (AvgIpc) is 3.13. The van der Waals surface area contributed by atoms with Gasteiger partial charge in [-0.25, -0.2) is 4.39 Å². The van der Waals surface area contributed by atoms with Gasteiger partial charge in [0.2, 0.25) is 5.89 Å². The molecule has 2 aromatic rings. The molecule has 0 radical (unpaired) electrons. The van der Waals surface area contributed by atoms with Crippen molar-refractivity contribution < 1.29 is 13.7 Å². The fourth-order valence-electron chi connectivity index (χ4n) is 1.96. The summed E-state index contributed by atoms with van der Waals surface area (Å²) in [4.78, 5) is 15.8. The molecule has 1 aliphatic rings. The Morgan fingerprint density at radius 2 is 2.26 bits per heavy atom. The Bertz CT molecular complexity index is 605. The number of hydrogen-bond donors (Lipinski definition) is 0. The van der Waals surface area contributed by atoms with E-state index >= 15 is 0 Å². The van der Waals surface area contributed by atoms with E-state index in [1.165, 1.54) is 12.1 Å². The predicted octanol–water partition coefficient (Wildman–Crippen LogP) is 2.32. The minimum absolute atomic E-state index is 0.168. The van der Waals surface area contributed by atoms with Crippen molar-refractivity contribution in [2.75, 3.05) is 0 Å². The van der Waals surface area contributed by atoms with Crippen LogP contribution in [0.5, 0.6) is 0 Å². The summed E-state index contributed by atoms with van der Waals surface area (Å²) in [6, 6.07) is 6.27. The van der Waals surface area contributed by atoms with Crippen molar-refractivity contribution in [1.82, 2.24) is 10.1 Å². The standard InChI is InChI=1S/C14H13FN2O2/c15-11-3-1-2-9(6-11)7-13-16-14(19-17-13)8-12(18)10-4-5-10/h1-3,6,10H,4-5,7-8H2. The van der Waals surface area contributed by atoms with Crippen LogP contribution in [-0.4, -0.2) is 15.9 Å². The quantitative estimate of drug-likeness (QED) is 0.827. The highest BCUT2D eigenvalue weighted by Crippen LogP contribution is 2.30. The second kappa shape index (κ2) is 4.91. The van der Waals surface area contributed by atoms with Crippen LogP contribution in [0.2, 0.25) is 0 Å². The molecule has 0 spiro atoms. The second-order valence-electron chi connectivity index (χ2n) is 4.83. The topological polar surface area (TPSA) is 56.0 Å². The Labute approximate surface area is 109 Å². The lowest BCUT2D eigenvalue weighted by molar-refractivity contribution is -0.119. The van der Waals surface area contributed by atoms with Gasteiger partial charge in [-0.1, -0.05) is 17.3 Å². The fourth-order valence-corrected chi connectivity index (χ4v) is 1.96. The van der Waals surface area contributed by atoms with Crippen molar-refractivity contribution >= 4 is 5.78 Å². The lowest BCUT2D eigenvalue weighted by Gasteiger charge is -1.96. The van der Waals surface area contributed by atoms with Gasteiger partial charge < -0.3 is 4.52 Å². The molecule has 3 rings (SSSR count). The number of hydrogen-bond acceptors (Lipinski definition) is 4. The number of carbonyl (C=O) groups is 1. The summed E-state index contributed by atoms with van der Waals surface area (Å²) in [5, 5.41) is 3.81. The van der Waals surface area contributed by atoms with Gasteiger partial charge in [-0.05, 0) is 30.5 Å². The monoisotopic (exact) mass is 260 g/mol. The number of halogens is 1. The summed E-state index contributed by atoms with van der Waals surface area (Å²) in [7, 11) is 0. The van der Waals surface area contributed by atoms with Crippen LogP contribution in [0.25, 0.3) is 0 Å². The van der Waals surface area contributed by atoms with E-state index < -0.39 is 0 Å². The molecule has 5 heteroatoms. The average molecular weight is 260 g/mol. The third-order valence-corrected chi connectivity index (χ3v) is 3.12. The highest BCUT2D eigenvalue weighted by molar-refractivity contribution is 5.84. The van der Waals surface area contributed by atoms with Crippen LogP contribution >= 0.6 is 0 Å². The van der Waals surface area contributed by atoms with E-state index in [-0.39, 0.29) is 23.9 Å². The third-order valence-electron chi connectivity index (χ3n) is 3.12. The molecule has 0 saturated heterocycles. The van der Waals surface area contributed by atoms with Crippen molar-refractivity contribution in [3.8, 4) is 0 Å². The number of Topliss-reactive ketones (excluding diaryl/α,β-unsaturated/α-hetero) is 1. The summed E-state index contributed by atoms with van der Waals surface area (Å²) in [6.07, 6.45) is 2.56. The molecule has 1 fully saturated rings. The zero-order valence-electron chi connectivity index (χ0n) is 10.3. The summed E-state index contributed by atoms with van der Waals surface area (Å²) >= 11 is 0. The molecule has 4 nitrogen and oxygen atoms in total. The molecule has 0 amide bonds. The van der Waals surface area contributed by atoms with E-state index in [1.807, 2.05) is 0 Å². The summed E-state index contributed by atoms with van der Waals surface area (Å²) in [5.41, 5.74) is 0.779. The molecule has 1 aliphatic carbocycles. The molecule has 19 heavy (non-hydrogen) atoms. The first-order valence-electron chi connectivity index (χ1n) is 6.29.